The van der Waals surface area contributed by atoms with Crippen molar-refractivity contribution in [2.75, 3.05) is 0 Å². The molecule has 0 fully saturated rings. The molecule has 0 saturated heterocycles. The predicted molar refractivity (Wildman–Crippen MR) is 193 cm³/mol. The first kappa shape index (κ1) is 41.1. The molecule has 0 radical (unpaired) electrons. The molecule has 0 heteroatoms. The fraction of sp³-hybridized carbons (Fsp3) is 0.905. The molecule has 0 aliphatic rings. The van der Waals surface area contributed by atoms with Gasteiger partial charge in [-0.25, -0.2) is 0 Å². The van der Waals surface area contributed by atoms with Crippen LogP contribution in [0.2, 0.25) is 0 Å². The molecule has 0 aromatic rings. The number of rotatable bonds is 34. The van der Waals surface area contributed by atoms with Crippen molar-refractivity contribution in [3.8, 4) is 23.7 Å². The molecule has 0 bridgehead atoms. The largest absolute Gasteiger partial charge is 0.0891 e. The zero-order valence-electron chi connectivity index (χ0n) is 29.5. The van der Waals surface area contributed by atoms with Gasteiger partial charge in [0, 0.05) is 12.8 Å². The molecule has 0 N–H and O–H groups in total. The average molecular weight is 583 g/mol. The Morgan fingerprint density at radius 2 is 0.381 bits per heavy atom. The van der Waals surface area contributed by atoms with Crippen molar-refractivity contribution in [3.05, 3.63) is 0 Å². The van der Waals surface area contributed by atoms with Crippen molar-refractivity contribution in [1.29, 1.82) is 0 Å². The summed E-state index contributed by atoms with van der Waals surface area (Å²) < 4.78 is 0. The zero-order chi connectivity index (χ0) is 30.3. The molecular weight excluding hydrogens is 504 g/mol. The topological polar surface area (TPSA) is 0 Å². The van der Waals surface area contributed by atoms with E-state index in [1.165, 1.54) is 218 Å². The zero-order valence-corrected chi connectivity index (χ0v) is 29.5. The van der Waals surface area contributed by atoms with E-state index in [2.05, 4.69) is 37.5 Å². The maximum absolute atomic E-state index is 3.27. The lowest BCUT2D eigenvalue weighted by molar-refractivity contribution is 0.522. The van der Waals surface area contributed by atoms with Crippen molar-refractivity contribution in [2.24, 2.45) is 0 Å². The van der Waals surface area contributed by atoms with E-state index >= 15 is 0 Å². The Morgan fingerprint density at radius 1 is 0.214 bits per heavy atom. The summed E-state index contributed by atoms with van der Waals surface area (Å²) in [5.41, 5.74) is 0. The van der Waals surface area contributed by atoms with Crippen LogP contribution < -0.4 is 0 Å². The van der Waals surface area contributed by atoms with E-state index in [1.54, 1.807) is 0 Å². The van der Waals surface area contributed by atoms with Crippen molar-refractivity contribution in [2.45, 2.75) is 245 Å². The minimum absolute atomic E-state index is 1.03. The Kier molecular flexibility index (Phi) is 39.3. The molecule has 0 saturated carbocycles. The van der Waals surface area contributed by atoms with Crippen molar-refractivity contribution >= 4 is 0 Å². The van der Waals surface area contributed by atoms with Crippen LogP contribution in [-0.2, 0) is 0 Å². The lowest BCUT2D eigenvalue weighted by Crippen LogP contribution is -1.84. The van der Waals surface area contributed by atoms with Gasteiger partial charge in [-0.05, 0) is 24.7 Å². The highest BCUT2D eigenvalue weighted by Crippen LogP contribution is 2.16. The summed E-state index contributed by atoms with van der Waals surface area (Å²) in [5.74, 6) is 12.7. The van der Waals surface area contributed by atoms with Gasteiger partial charge >= 0.3 is 0 Å². The normalized spacial score (nSPS) is 10.8. The van der Waals surface area contributed by atoms with Crippen molar-refractivity contribution in [3.63, 3.8) is 0 Å². The average Bonchev–Trinajstić information content (AvgIpc) is 3.00. The third-order valence-electron chi connectivity index (χ3n) is 9.05. The fourth-order valence-corrected chi connectivity index (χ4v) is 6.09. The number of hydrogen-bond donors (Lipinski definition) is 0. The summed E-state index contributed by atoms with van der Waals surface area (Å²) in [6, 6.07) is 0. The van der Waals surface area contributed by atoms with E-state index in [4.69, 9.17) is 0 Å². The van der Waals surface area contributed by atoms with Gasteiger partial charge in [-0.2, -0.15) is 0 Å². The number of hydrogen-bond acceptors (Lipinski definition) is 0. The number of unbranched alkanes of at least 4 members (excludes halogenated alkanes) is 34. The Balaban J connectivity index is 3.18. The predicted octanol–water partition coefficient (Wildman–Crippen LogP) is 15.1. The van der Waals surface area contributed by atoms with Crippen LogP contribution in [0.1, 0.15) is 245 Å². The molecule has 0 rings (SSSR count). The molecule has 0 aromatic heterocycles. The molecule has 0 nitrogen and oxygen atoms in total. The summed E-state index contributed by atoms with van der Waals surface area (Å²) in [6.45, 7) is 4.60. The van der Waals surface area contributed by atoms with Gasteiger partial charge in [0.25, 0.3) is 0 Å². The fourth-order valence-electron chi connectivity index (χ4n) is 6.09. The second-order valence-electron chi connectivity index (χ2n) is 13.4. The van der Waals surface area contributed by atoms with Crippen LogP contribution in [0.4, 0.5) is 0 Å². The van der Waals surface area contributed by atoms with Crippen LogP contribution in [-0.4, -0.2) is 0 Å². The molecule has 0 amide bonds. The summed E-state index contributed by atoms with van der Waals surface area (Å²) in [7, 11) is 0. The quantitative estimate of drug-likeness (QED) is 0.0523. The van der Waals surface area contributed by atoms with Gasteiger partial charge in [0.05, 0.1) is 0 Å². The molecular formula is C42H78. The third kappa shape index (κ3) is 39.1. The van der Waals surface area contributed by atoms with E-state index in [0.29, 0.717) is 0 Å². The third-order valence-corrected chi connectivity index (χ3v) is 9.05. The lowest BCUT2D eigenvalue weighted by atomic mass is 10.0. The van der Waals surface area contributed by atoms with Gasteiger partial charge in [-0.3, -0.25) is 0 Å². The van der Waals surface area contributed by atoms with E-state index in [-0.39, 0.29) is 0 Å². The van der Waals surface area contributed by atoms with Gasteiger partial charge in [-0.15, -0.1) is 0 Å². The second-order valence-corrected chi connectivity index (χ2v) is 13.4. The van der Waals surface area contributed by atoms with Crippen LogP contribution in [0.25, 0.3) is 0 Å². The molecule has 0 heterocycles. The molecule has 0 spiro atoms. The Hall–Kier alpha value is -0.880. The summed E-state index contributed by atoms with van der Waals surface area (Å²) in [4.78, 5) is 0. The molecule has 0 aliphatic carbocycles. The molecule has 0 atom stereocenters. The van der Waals surface area contributed by atoms with Crippen LogP contribution in [0.5, 0.6) is 0 Å². The van der Waals surface area contributed by atoms with Gasteiger partial charge in [-0.1, -0.05) is 231 Å². The molecule has 0 unspecified atom stereocenters. The Morgan fingerprint density at radius 3 is 0.571 bits per heavy atom. The Bertz CT molecular complexity index is 593. The monoisotopic (exact) mass is 583 g/mol. The van der Waals surface area contributed by atoms with E-state index in [1.807, 2.05) is 0 Å². The van der Waals surface area contributed by atoms with E-state index in [9.17, 15) is 0 Å². The minimum atomic E-state index is 1.03. The highest BCUT2D eigenvalue weighted by Gasteiger charge is 1.96. The summed E-state index contributed by atoms with van der Waals surface area (Å²) >= 11 is 0. The summed E-state index contributed by atoms with van der Waals surface area (Å²) in [5, 5.41) is 0. The maximum Gasteiger partial charge on any atom is 0.00989 e. The van der Waals surface area contributed by atoms with E-state index < -0.39 is 0 Å². The van der Waals surface area contributed by atoms with Crippen molar-refractivity contribution < 1.29 is 0 Å². The summed E-state index contributed by atoms with van der Waals surface area (Å²) in [6.07, 6.45) is 50.7. The highest BCUT2D eigenvalue weighted by atomic mass is 14.0. The van der Waals surface area contributed by atoms with Gasteiger partial charge in [0.15, 0.2) is 0 Å². The second kappa shape index (κ2) is 40.1. The van der Waals surface area contributed by atoms with Crippen LogP contribution in [0, 0.1) is 23.7 Å². The first-order valence-corrected chi connectivity index (χ1v) is 19.9. The Labute approximate surface area is 268 Å². The standard InChI is InChI=1S/C42H78/c1-3-5-7-9-11-13-15-17-19-21-23-25-27-29-31-33-35-37-39-41-42-40-38-36-34-32-30-28-26-24-22-20-18-16-14-12-10-8-6-4-2/h3-33,35,37,39,41-42H2,1-2H3. The molecule has 0 aliphatic heterocycles. The van der Waals surface area contributed by atoms with Crippen LogP contribution >= 0.6 is 0 Å². The first-order chi connectivity index (χ1) is 20.9. The smallest absolute Gasteiger partial charge is 0.00989 e. The highest BCUT2D eigenvalue weighted by molar-refractivity contribution is 5.25. The van der Waals surface area contributed by atoms with Gasteiger partial charge < -0.3 is 0 Å². The van der Waals surface area contributed by atoms with Gasteiger partial charge in [0.2, 0.25) is 0 Å². The molecule has 246 valence electrons. The van der Waals surface area contributed by atoms with Crippen molar-refractivity contribution in [1.82, 2.24) is 0 Å². The maximum atomic E-state index is 3.27. The van der Waals surface area contributed by atoms with Crippen LogP contribution in [0.3, 0.4) is 0 Å². The van der Waals surface area contributed by atoms with E-state index in [0.717, 1.165) is 12.8 Å². The lowest BCUT2D eigenvalue weighted by Gasteiger charge is -2.04. The molecule has 0 aromatic carbocycles. The first-order valence-electron chi connectivity index (χ1n) is 19.9. The molecule has 42 heavy (non-hydrogen) atoms. The SMILES string of the molecule is CCCCCCCCCCCCCCCCC#CC#CCCCCCCCCCCCCCCCCCCCCCC. The van der Waals surface area contributed by atoms with Gasteiger partial charge in [0.1, 0.15) is 0 Å². The minimum Gasteiger partial charge on any atom is -0.0891 e. The van der Waals surface area contributed by atoms with Crippen LogP contribution in [0.15, 0.2) is 0 Å².